The number of carbonyl (C=O) groups excluding carboxylic acids is 1. The maximum atomic E-state index is 12.3. The van der Waals surface area contributed by atoms with Crippen molar-refractivity contribution in [1.29, 1.82) is 0 Å². The first kappa shape index (κ1) is 16.9. The number of carbonyl (C=O) groups is 1. The first-order valence-corrected chi connectivity index (χ1v) is 9.90. The molecule has 2 amide bonds. The van der Waals surface area contributed by atoms with Gasteiger partial charge in [0, 0.05) is 31.7 Å². The van der Waals surface area contributed by atoms with Crippen molar-refractivity contribution in [3.8, 4) is 0 Å². The highest BCUT2D eigenvalue weighted by molar-refractivity contribution is 5.88. The number of ether oxygens (including phenoxy) is 1. The molecule has 0 unspecified atom stereocenters. The van der Waals surface area contributed by atoms with Crippen molar-refractivity contribution >= 4 is 11.8 Å². The Kier molecular flexibility index (Phi) is 4.97. The van der Waals surface area contributed by atoms with Crippen LogP contribution in [0.2, 0.25) is 0 Å². The first-order chi connectivity index (χ1) is 12.2. The van der Waals surface area contributed by atoms with Crippen LogP contribution in [0.25, 0.3) is 0 Å². The van der Waals surface area contributed by atoms with Gasteiger partial charge >= 0.3 is 6.03 Å². The van der Waals surface area contributed by atoms with E-state index in [9.17, 15) is 4.79 Å². The van der Waals surface area contributed by atoms with Crippen molar-refractivity contribution in [2.45, 2.75) is 63.3 Å². The fourth-order valence-corrected chi connectivity index (χ4v) is 4.56. The number of hydrogen-bond donors (Lipinski definition) is 2. The lowest BCUT2D eigenvalue weighted by Gasteiger charge is -2.21. The second-order valence-electron chi connectivity index (χ2n) is 7.99. The molecule has 138 valence electrons. The summed E-state index contributed by atoms with van der Waals surface area (Å²) >= 11 is 0. The van der Waals surface area contributed by atoms with Crippen molar-refractivity contribution < 1.29 is 9.53 Å². The zero-order valence-electron chi connectivity index (χ0n) is 15.2. The van der Waals surface area contributed by atoms with Crippen molar-refractivity contribution in [3.63, 3.8) is 0 Å². The molecule has 6 heteroatoms. The molecule has 0 aromatic carbocycles. The lowest BCUT2D eigenvalue weighted by Crippen LogP contribution is -2.33. The normalized spacial score (nSPS) is 30.0. The standard InChI is InChI=1S/C19H30N4O2/c1-23-18(11-16(22-23)14-8-5-9-25-12-14)21-19(24)20-17-10-15(17)13-6-3-2-4-7-13/h11,13-15,17H,2-10,12H2,1H3,(H2,20,21,24)/t14-,15+,17-/m1/s1. The number of nitrogens with one attached hydrogen (secondary N) is 2. The van der Waals surface area contributed by atoms with E-state index in [0.29, 0.717) is 17.9 Å². The molecule has 25 heavy (non-hydrogen) atoms. The van der Waals surface area contributed by atoms with E-state index < -0.39 is 0 Å². The number of urea groups is 1. The predicted molar refractivity (Wildman–Crippen MR) is 96.6 cm³/mol. The highest BCUT2D eigenvalue weighted by Gasteiger charge is 2.43. The average Bonchev–Trinajstić information content (AvgIpc) is 3.31. The molecule has 1 saturated heterocycles. The largest absolute Gasteiger partial charge is 0.381 e. The minimum Gasteiger partial charge on any atom is -0.381 e. The number of aromatic nitrogens is 2. The lowest BCUT2D eigenvalue weighted by atomic mass is 9.85. The van der Waals surface area contributed by atoms with Gasteiger partial charge in [0.05, 0.1) is 12.3 Å². The molecule has 6 nitrogen and oxygen atoms in total. The van der Waals surface area contributed by atoms with Gasteiger partial charge in [-0.2, -0.15) is 5.10 Å². The van der Waals surface area contributed by atoms with Crippen LogP contribution in [0.5, 0.6) is 0 Å². The summed E-state index contributed by atoms with van der Waals surface area (Å²) in [7, 11) is 1.88. The van der Waals surface area contributed by atoms with E-state index in [2.05, 4.69) is 15.7 Å². The van der Waals surface area contributed by atoms with Gasteiger partial charge in [-0.05, 0) is 31.1 Å². The van der Waals surface area contributed by atoms with Gasteiger partial charge < -0.3 is 10.1 Å². The molecule has 4 rings (SSSR count). The third-order valence-electron chi connectivity index (χ3n) is 6.13. The van der Waals surface area contributed by atoms with Gasteiger partial charge in [0.25, 0.3) is 0 Å². The van der Waals surface area contributed by atoms with E-state index in [4.69, 9.17) is 4.74 Å². The number of aryl methyl sites for hydroxylation is 1. The van der Waals surface area contributed by atoms with Crippen LogP contribution < -0.4 is 10.6 Å². The van der Waals surface area contributed by atoms with E-state index in [1.807, 2.05) is 13.1 Å². The summed E-state index contributed by atoms with van der Waals surface area (Å²) in [5.74, 6) is 2.63. The second kappa shape index (κ2) is 7.36. The van der Waals surface area contributed by atoms with E-state index in [1.165, 1.54) is 32.1 Å². The first-order valence-electron chi connectivity index (χ1n) is 9.90. The van der Waals surface area contributed by atoms with Crippen LogP contribution in [0.15, 0.2) is 6.07 Å². The molecule has 3 atom stereocenters. The average molecular weight is 346 g/mol. The zero-order valence-corrected chi connectivity index (χ0v) is 15.2. The molecule has 3 fully saturated rings. The van der Waals surface area contributed by atoms with E-state index >= 15 is 0 Å². The maximum absolute atomic E-state index is 12.3. The third kappa shape index (κ3) is 4.00. The van der Waals surface area contributed by atoms with Crippen molar-refractivity contribution in [2.24, 2.45) is 18.9 Å². The number of amides is 2. The highest BCUT2D eigenvalue weighted by Crippen LogP contribution is 2.44. The fraction of sp³-hybridized carbons (Fsp3) is 0.789. The Labute approximate surface area is 149 Å². The van der Waals surface area contributed by atoms with E-state index in [1.54, 1.807) is 4.68 Å². The van der Waals surface area contributed by atoms with E-state index in [0.717, 1.165) is 49.9 Å². The van der Waals surface area contributed by atoms with Crippen LogP contribution in [0.3, 0.4) is 0 Å². The van der Waals surface area contributed by atoms with Crippen LogP contribution in [0.4, 0.5) is 10.6 Å². The Bertz CT molecular complexity index is 603. The summed E-state index contributed by atoms with van der Waals surface area (Å²) in [5, 5.41) is 10.7. The molecule has 2 saturated carbocycles. The zero-order chi connectivity index (χ0) is 17.2. The summed E-state index contributed by atoms with van der Waals surface area (Å²) in [6.07, 6.45) is 10.1. The molecule has 2 heterocycles. The van der Waals surface area contributed by atoms with Crippen LogP contribution in [0.1, 0.15) is 63.0 Å². The molecular weight excluding hydrogens is 316 g/mol. The van der Waals surface area contributed by atoms with Crippen molar-refractivity contribution in [1.82, 2.24) is 15.1 Å². The SMILES string of the molecule is Cn1nc([C@@H]2CCCOC2)cc1NC(=O)N[C@@H]1C[C@H]1C1CCCCC1. The van der Waals surface area contributed by atoms with Crippen molar-refractivity contribution in [2.75, 3.05) is 18.5 Å². The minimum absolute atomic E-state index is 0.0993. The van der Waals surface area contributed by atoms with Gasteiger partial charge in [0.15, 0.2) is 0 Å². The Hall–Kier alpha value is -1.56. The molecule has 1 aliphatic heterocycles. The van der Waals surface area contributed by atoms with Crippen LogP contribution in [-0.2, 0) is 11.8 Å². The van der Waals surface area contributed by atoms with Gasteiger partial charge in [-0.1, -0.05) is 32.1 Å². The molecule has 1 aromatic rings. The Morgan fingerprint density at radius 2 is 2.08 bits per heavy atom. The van der Waals surface area contributed by atoms with Crippen LogP contribution in [0, 0.1) is 11.8 Å². The topological polar surface area (TPSA) is 68.2 Å². The quantitative estimate of drug-likeness (QED) is 0.878. The smallest absolute Gasteiger partial charge is 0.320 e. The summed E-state index contributed by atoms with van der Waals surface area (Å²) in [6, 6.07) is 2.25. The molecule has 2 aliphatic carbocycles. The highest BCUT2D eigenvalue weighted by atomic mass is 16.5. The van der Waals surface area contributed by atoms with Gasteiger partial charge in [0.1, 0.15) is 5.82 Å². The molecule has 1 aromatic heterocycles. The second-order valence-corrected chi connectivity index (χ2v) is 7.99. The summed E-state index contributed by atoms with van der Waals surface area (Å²) in [6.45, 7) is 1.58. The number of nitrogens with zero attached hydrogens (tertiary/aromatic N) is 2. The molecule has 3 aliphatic rings. The van der Waals surface area contributed by atoms with Gasteiger partial charge in [0.2, 0.25) is 0 Å². The maximum Gasteiger partial charge on any atom is 0.320 e. The Morgan fingerprint density at radius 3 is 2.84 bits per heavy atom. The van der Waals surface area contributed by atoms with Gasteiger partial charge in [-0.15, -0.1) is 0 Å². The number of hydrogen-bond acceptors (Lipinski definition) is 3. The Balaban J connectivity index is 1.28. The predicted octanol–water partition coefficient (Wildman–Crippen LogP) is 3.40. The molecule has 2 N–H and O–H groups in total. The fourth-order valence-electron chi connectivity index (χ4n) is 4.56. The molecule has 0 bridgehead atoms. The van der Waals surface area contributed by atoms with E-state index in [-0.39, 0.29) is 6.03 Å². The Morgan fingerprint density at radius 1 is 1.24 bits per heavy atom. The summed E-state index contributed by atoms with van der Waals surface area (Å²) < 4.78 is 7.31. The number of rotatable bonds is 4. The lowest BCUT2D eigenvalue weighted by molar-refractivity contribution is 0.0791. The van der Waals surface area contributed by atoms with Gasteiger partial charge in [-0.3, -0.25) is 10.00 Å². The third-order valence-corrected chi connectivity index (χ3v) is 6.13. The molecule has 0 radical (unpaired) electrons. The van der Waals surface area contributed by atoms with Crippen LogP contribution in [-0.4, -0.2) is 35.1 Å². The number of anilines is 1. The summed E-state index contributed by atoms with van der Waals surface area (Å²) in [5.41, 5.74) is 1.02. The van der Waals surface area contributed by atoms with Crippen molar-refractivity contribution in [3.05, 3.63) is 11.8 Å². The van der Waals surface area contributed by atoms with Gasteiger partial charge in [-0.25, -0.2) is 4.79 Å². The van der Waals surface area contributed by atoms with Crippen LogP contribution >= 0.6 is 0 Å². The molecule has 0 spiro atoms. The summed E-state index contributed by atoms with van der Waals surface area (Å²) in [4.78, 5) is 12.3. The monoisotopic (exact) mass is 346 g/mol. The minimum atomic E-state index is -0.0993. The molecular formula is C19H30N4O2.